The monoisotopic (exact) mass is 439 g/mol. The minimum atomic E-state index is -0.408. The Bertz CT molecular complexity index is 1100. The van der Waals surface area contributed by atoms with Crippen molar-refractivity contribution < 1.29 is 9.50 Å². The first-order chi connectivity index (χ1) is 15.0. The van der Waals surface area contributed by atoms with Gasteiger partial charge in [0.05, 0.1) is 21.3 Å². The number of aromatic hydroxyl groups is 1. The molecule has 3 aromatic rings. The highest BCUT2D eigenvalue weighted by Gasteiger charge is 2.28. The number of aromatic nitrogens is 3. The molecule has 5 rings (SSSR count). The largest absolute Gasteiger partial charge is 0.507 e. The van der Waals surface area contributed by atoms with Gasteiger partial charge in [0.25, 0.3) is 0 Å². The molecular weight excluding hydrogens is 413 g/mol. The molecule has 0 bridgehead atoms. The fraction of sp³-hybridized carbons (Fsp3) is 0.435. The molecule has 1 aliphatic carbocycles. The van der Waals surface area contributed by atoms with Gasteiger partial charge in [-0.2, -0.15) is 0 Å². The minimum Gasteiger partial charge on any atom is -0.507 e. The van der Waals surface area contributed by atoms with Crippen LogP contribution in [0.1, 0.15) is 36.4 Å². The fourth-order valence-electron chi connectivity index (χ4n) is 4.37. The fourth-order valence-corrected chi connectivity index (χ4v) is 5.31. The van der Waals surface area contributed by atoms with E-state index in [0.29, 0.717) is 28.9 Å². The van der Waals surface area contributed by atoms with Crippen LogP contribution in [0.2, 0.25) is 0 Å². The van der Waals surface area contributed by atoms with E-state index in [4.69, 9.17) is 0 Å². The zero-order valence-electron chi connectivity index (χ0n) is 17.7. The number of rotatable bonds is 5. The Balaban J connectivity index is 1.34. The SMILES string of the molecule is Cc1nc(C)c(-c2cc(O)c(-c3ccc(N4CC[C@@H](NC5CCC5)C4)nn3)cc2F)s1. The van der Waals surface area contributed by atoms with Crippen LogP contribution in [0.5, 0.6) is 5.75 Å². The van der Waals surface area contributed by atoms with Crippen molar-refractivity contribution in [3.05, 3.63) is 40.8 Å². The van der Waals surface area contributed by atoms with Crippen molar-refractivity contribution in [2.45, 2.75) is 51.6 Å². The Morgan fingerprint density at radius 3 is 2.58 bits per heavy atom. The average molecular weight is 440 g/mol. The van der Waals surface area contributed by atoms with Crippen LogP contribution in [0, 0.1) is 19.7 Å². The maximum absolute atomic E-state index is 14.9. The quantitative estimate of drug-likeness (QED) is 0.612. The van der Waals surface area contributed by atoms with E-state index in [9.17, 15) is 9.50 Å². The van der Waals surface area contributed by atoms with E-state index in [2.05, 4.69) is 25.4 Å². The van der Waals surface area contributed by atoms with E-state index in [1.807, 2.05) is 19.9 Å². The van der Waals surface area contributed by atoms with Crippen molar-refractivity contribution in [3.8, 4) is 27.4 Å². The molecule has 0 amide bonds. The van der Waals surface area contributed by atoms with Crippen molar-refractivity contribution in [2.24, 2.45) is 0 Å². The molecule has 1 aromatic carbocycles. The number of thiazole rings is 1. The summed E-state index contributed by atoms with van der Waals surface area (Å²) < 4.78 is 14.9. The Kier molecular flexibility index (Phi) is 5.35. The molecule has 1 saturated heterocycles. The molecule has 0 spiro atoms. The molecule has 3 heterocycles. The first-order valence-corrected chi connectivity index (χ1v) is 11.6. The number of phenolic OH excluding ortho intramolecular Hbond substituents is 1. The van der Waals surface area contributed by atoms with E-state index in [1.165, 1.54) is 42.7 Å². The molecule has 2 fully saturated rings. The molecule has 162 valence electrons. The zero-order chi connectivity index (χ0) is 21.5. The molecule has 8 heteroatoms. The number of hydrogen-bond donors (Lipinski definition) is 2. The van der Waals surface area contributed by atoms with Gasteiger partial charge >= 0.3 is 0 Å². The molecular formula is C23H26FN5OS. The second-order valence-corrected chi connectivity index (χ2v) is 9.70. The van der Waals surface area contributed by atoms with Crippen molar-refractivity contribution in [3.63, 3.8) is 0 Å². The summed E-state index contributed by atoms with van der Waals surface area (Å²) in [5, 5.41) is 23.8. The smallest absolute Gasteiger partial charge is 0.151 e. The summed E-state index contributed by atoms with van der Waals surface area (Å²) in [6, 6.07) is 7.66. The summed E-state index contributed by atoms with van der Waals surface area (Å²) in [6.45, 7) is 5.60. The number of aryl methyl sites for hydroxylation is 2. The second-order valence-electron chi connectivity index (χ2n) is 8.50. The van der Waals surface area contributed by atoms with Crippen LogP contribution < -0.4 is 10.2 Å². The van der Waals surface area contributed by atoms with E-state index < -0.39 is 5.82 Å². The highest BCUT2D eigenvalue weighted by atomic mass is 32.1. The van der Waals surface area contributed by atoms with E-state index >= 15 is 0 Å². The summed E-state index contributed by atoms with van der Waals surface area (Å²) in [7, 11) is 0. The lowest BCUT2D eigenvalue weighted by Crippen LogP contribution is -2.43. The summed E-state index contributed by atoms with van der Waals surface area (Å²) in [6.07, 6.45) is 5.00. The summed E-state index contributed by atoms with van der Waals surface area (Å²) in [5.74, 6) is 0.388. The first-order valence-electron chi connectivity index (χ1n) is 10.8. The van der Waals surface area contributed by atoms with Gasteiger partial charge in [-0.05, 0) is 57.4 Å². The predicted octanol–water partition coefficient (Wildman–Crippen LogP) is 4.45. The second kappa shape index (κ2) is 8.16. The maximum atomic E-state index is 14.9. The molecule has 0 radical (unpaired) electrons. The Morgan fingerprint density at radius 2 is 1.94 bits per heavy atom. The van der Waals surface area contributed by atoms with E-state index in [0.717, 1.165) is 40.9 Å². The van der Waals surface area contributed by atoms with Crippen LogP contribution in [0.25, 0.3) is 21.7 Å². The standard InChI is InChI=1S/C23H26FN5OS/c1-13-23(31-14(2)25-13)17-11-21(30)18(10-19(17)24)20-6-7-22(28-27-20)29-9-8-16(12-29)26-15-4-3-5-15/h6-7,10-11,15-16,26,30H,3-5,8-9,12H2,1-2H3/t16-/m1/s1. The summed E-state index contributed by atoms with van der Waals surface area (Å²) in [4.78, 5) is 7.32. The lowest BCUT2D eigenvalue weighted by Gasteiger charge is -2.29. The summed E-state index contributed by atoms with van der Waals surface area (Å²) in [5.41, 5.74) is 1.90. The lowest BCUT2D eigenvalue weighted by molar-refractivity contribution is 0.311. The molecule has 1 aliphatic heterocycles. The van der Waals surface area contributed by atoms with Crippen molar-refractivity contribution in [1.82, 2.24) is 20.5 Å². The highest BCUT2D eigenvalue weighted by molar-refractivity contribution is 7.15. The van der Waals surface area contributed by atoms with Crippen molar-refractivity contribution >= 4 is 17.2 Å². The third-order valence-electron chi connectivity index (χ3n) is 6.25. The number of benzene rings is 1. The van der Waals surface area contributed by atoms with E-state index in [-0.39, 0.29) is 5.75 Å². The Morgan fingerprint density at radius 1 is 1.10 bits per heavy atom. The molecule has 2 N–H and O–H groups in total. The number of hydrogen-bond acceptors (Lipinski definition) is 7. The molecule has 6 nitrogen and oxygen atoms in total. The first kappa shape index (κ1) is 20.3. The van der Waals surface area contributed by atoms with Crippen molar-refractivity contribution in [1.29, 1.82) is 0 Å². The van der Waals surface area contributed by atoms with Gasteiger partial charge in [0.1, 0.15) is 11.6 Å². The van der Waals surface area contributed by atoms with Crippen LogP contribution >= 0.6 is 11.3 Å². The molecule has 0 unspecified atom stereocenters. The van der Waals surface area contributed by atoms with E-state index in [1.54, 1.807) is 6.07 Å². The topological polar surface area (TPSA) is 74.2 Å². The maximum Gasteiger partial charge on any atom is 0.151 e. The number of nitrogens with zero attached hydrogens (tertiary/aromatic N) is 4. The molecule has 2 aromatic heterocycles. The Labute approximate surface area is 185 Å². The van der Waals surface area contributed by atoms with Crippen LogP contribution in [0.4, 0.5) is 10.2 Å². The van der Waals surface area contributed by atoms with Crippen LogP contribution in [0.3, 0.4) is 0 Å². The predicted molar refractivity (Wildman–Crippen MR) is 121 cm³/mol. The van der Waals surface area contributed by atoms with Gasteiger partial charge in [0, 0.05) is 36.3 Å². The highest BCUT2D eigenvalue weighted by Crippen LogP contribution is 2.38. The molecule has 2 aliphatic rings. The number of anilines is 1. The van der Waals surface area contributed by atoms with Gasteiger partial charge in [-0.25, -0.2) is 9.37 Å². The average Bonchev–Trinajstić information content (AvgIpc) is 3.32. The zero-order valence-corrected chi connectivity index (χ0v) is 18.5. The molecule has 1 atom stereocenters. The van der Waals surface area contributed by atoms with Gasteiger partial charge in [-0.15, -0.1) is 21.5 Å². The molecule has 1 saturated carbocycles. The van der Waals surface area contributed by atoms with Gasteiger partial charge in [0.15, 0.2) is 5.82 Å². The number of halogens is 1. The third kappa shape index (κ3) is 4.02. The van der Waals surface area contributed by atoms with Crippen molar-refractivity contribution in [2.75, 3.05) is 18.0 Å². The molecule has 31 heavy (non-hydrogen) atoms. The number of nitrogens with one attached hydrogen (secondary N) is 1. The van der Waals surface area contributed by atoms with Gasteiger partial charge in [-0.1, -0.05) is 6.42 Å². The normalized spacial score (nSPS) is 19.1. The number of phenols is 1. The van der Waals surface area contributed by atoms with Gasteiger partial charge in [0.2, 0.25) is 0 Å². The third-order valence-corrected chi connectivity index (χ3v) is 7.35. The van der Waals surface area contributed by atoms with Crippen LogP contribution in [-0.4, -0.2) is 45.5 Å². The van der Waals surface area contributed by atoms with Crippen LogP contribution in [-0.2, 0) is 0 Å². The van der Waals surface area contributed by atoms with Crippen LogP contribution in [0.15, 0.2) is 24.3 Å². The van der Waals surface area contributed by atoms with Gasteiger partial charge < -0.3 is 15.3 Å². The lowest BCUT2D eigenvalue weighted by atomic mass is 9.92. The summed E-state index contributed by atoms with van der Waals surface area (Å²) >= 11 is 1.42. The Hall–Kier alpha value is -2.58. The van der Waals surface area contributed by atoms with Gasteiger partial charge in [-0.3, -0.25) is 0 Å². The minimum absolute atomic E-state index is 0.0187.